The summed E-state index contributed by atoms with van der Waals surface area (Å²) in [5, 5.41) is 12.0. The topological polar surface area (TPSA) is 95.3 Å². The average Bonchev–Trinajstić information content (AvgIpc) is 3.17. The van der Waals surface area contributed by atoms with E-state index in [2.05, 4.69) is 10.3 Å². The molecular formula is C24H24F4N4O3. The second-order valence-electron chi connectivity index (χ2n) is 9.11. The van der Waals surface area contributed by atoms with E-state index >= 15 is 0 Å². The first kappa shape index (κ1) is 25.9. The molecule has 3 rings (SSSR count). The number of aromatic nitrogens is 1. The van der Waals surface area contributed by atoms with Crippen LogP contribution in [0.5, 0.6) is 0 Å². The van der Waals surface area contributed by atoms with Crippen LogP contribution in [0.3, 0.4) is 0 Å². The molecule has 35 heavy (non-hydrogen) atoms. The van der Waals surface area contributed by atoms with E-state index in [-0.39, 0.29) is 25.1 Å². The Morgan fingerprint density at radius 3 is 2.46 bits per heavy atom. The summed E-state index contributed by atoms with van der Waals surface area (Å²) in [7, 11) is 0. The number of nitrogens with one attached hydrogen (secondary N) is 1. The lowest BCUT2D eigenvalue weighted by molar-refractivity contribution is -0.137. The summed E-state index contributed by atoms with van der Waals surface area (Å²) in [5.74, 6) is -0.618. The predicted molar refractivity (Wildman–Crippen MR) is 117 cm³/mol. The molecule has 1 aromatic carbocycles. The molecule has 0 radical (unpaired) electrons. The first-order valence-electron chi connectivity index (χ1n) is 10.8. The van der Waals surface area contributed by atoms with Crippen LogP contribution in [-0.4, -0.2) is 46.2 Å². The highest BCUT2D eigenvalue weighted by Gasteiger charge is 2.41. The SMILES string of the molecule is CC(C)(C)OC(=O)N1CC(F)CC1C(=O)NCc1cc(-c2ccc(C(F)(F)F)cc2)ncc1C#N. The maximum absolute atomic E-state index is 14.1. The molecule has 1 fully saturated rings. The van der Waals surface area contributed by atoms with E-state index in [4.69, 9.17) is 4.74 Å². The lowest BCUT2D eigenvalue weighted by Gasteiger charge is -2.27. The molecule has 7 nitrogen and oxygen atoms in total. The number of nitrogens with zero attached hydrogens (tertiary/aromatic N) is 3. The van der Waals surface area contributed by atoms with E-state index in [0.717, 1.165) is 17.0 Å². The van der Waals surface area contributed by atoms with Crippen molar-refractivity contribution in [2.75, 3.05) is 6.54 Å². The third-order valence-corrected chi connectivity index (χ3v) is 5.25. The highest BCUT2D eigenvalue weighted by molar-refractivity contribution is 5.86. The summed E-state index contributed by atoms with van der Waals surface area (Å²) in [6.07, 6.45) is -5.60. The number of amides is 2. The Hall–Kier alpha value is -3.68. The molecule has 186 valence electrons. The summed E-state index contributed by atoms with van der Waals surface area (Å²) in [6.45, 7) is 4.56. The van der Waals surface area contributed by atoms with E-state index in [0.29, 0.717) is 16.8 Å². The van der Waals surface area contributed by atoms with Crippen molar-refractivity contribution in [1.29, 1.82) is 5.26 Å². The minimum absolute atomic E-state index is 0.131. The van der Waals surface area contributed by atoms with Gasteiger partial charge in [-0.05, 0) is 44.5 Å². The van der Waals surface area contributed by atoms with Crippen molar-refractivity contribution >= 4 is 12.0 Å². The Kier molecular flexibility index (Phi) is 7.33. The molecule has 0 spiro atoms. The number of hydrogen-bond donors (Lipinski definition) is 1. The Balaban J connectivity index is 1.75. The van der Waals surface area contributed by atoms with Crippen LogP contribution in [-0.2, 0) is 22.3 Å². The first-order valence-corrected chi connectivity index (χ1v) is 10.8. The van der Waals surface area contributed by atoms with Gasteiger partial charge >= 0.3 is 12.3 Å². The van der Waals surface area contributed by atoms with Crippen molar-refractivity contribution in [1.82, 2.24) is 15.2 Å². The molecule has 1 N–H and O–H groups in total. The molecule has 11 heteroatoms. The van der Waals surface area contributed by atoms with E-state index < -0.39 is 41.6 Å². The molecule has 1 aromatic heterocycles. The molecule has 0 saturated carbocycles. The molecule has 0 aliphatic carbocycles. The van der Waals surface area contributed by atoms with E-state index in [1.54, 1.807) is 20.8 Å². The van der Waals surface area contributed by atoms with Gasteiger partial charge in [0.1, 0.15) is 23.9 Å². The van der Waals surface area contributed by atoms with Gasteiger partial charge in [0.2, 0.25) is 5.91 Å². The van der Waals surface area contributed by atoms with Crippen LogP contribution >= 0.6 is 0 Å². The van der Waals surface area contributed by atoms with E-state index in [1.165, 1.54) is 24.4 Å². The van der Waals surface area contributed by atoms with E-state index in [1.807, 2.05) is 6.07 Å². The Labute approximate surface area is 199 Å². The first-order chi connectivity index (χ1) is 16.3. The Morgan fingerprint density at radius 1 is 1.23 bits per heavy atom. The van der Waals surface area contributed by atoms with Crippen LogP contribution in [0.1, 0.15) is 43.9 Å². The van der Waals surface area contributed by atoms with Crippen LogP contribution in [0.2, 0.25) is 0 Å². The van der Waals surface area contributed by atoms with Gasteiger partial charge in [-0.3, -0.25) is 14.7 Å². The monoisotopic (exact) mass is 492 g/mol. The van der Waals surface area contributed by atoms with Gasteiger partial charge in [-0.2, -0.15) is 18.4 Å². The molecule has 2 aromatic rings. The quantitative estimate of drug-likeness (QED) is 0.630. The number of hydrogen-bond acceptors (Lipinski definition) is 5. The van der Waals surface area contributed by atoms with Gasteiger partial charge in [0.05, 0.1) is 23.4 Å². The van der Waals surface area contributed by atoms with Gasteiger partial charge in [0.15, 0.2) is 0 Å². The molecule has 1 aliphatic heterocycles. The highest BCUT2D eigenvalue weighted by Crippen LogP contribution is 2.31. The zero-order valence-corrected chi connectivity index (χ0v) is 19.3. The minimum atomic E-state index is -4.47. The predicted octanol–water partition coefficient (Wildman–Crippen LogP) is 4.60. The molecular weight excluding hydrogens is 468 g/mol. The number of nitriles is 1. The third-order valence-electron chi connectivity index (χ3n) is 5.25. The largest absolute Gasteiger partial charge is 0.444 e. The van der Waals surface area contributed by atoms with Gasteiger partial charge in [0, 0.05) is 24.7 Å². The smallest absolute Gasteiger partial charge is 0.416 e. The number of carbonyl (C=O) groups is 2. The number of ether oxygens (including phenoxy) is 1. The summed E-state index contributed by atoms with van der Waals surface area (Å²) in [5.41, 5.74) is -0.409. The zero-order valence-electron chi connectivity index (χ0n) is 19.3. The molecule has 1 saturated heterocycles. The number of rotatable bonds is 4. The van der Waals surface area contributed by atoms with Crippen molar-refractivity contribution in [2.24, 2.45) is 0 Å². The van der Waals surface area contributed by atoms with Crippen molar-refractivity contribution in [3.8, 4) is 17.3 Å². The molecule has 2 atom stereocenters. The zero-order chi connectivity index (χ0) is 26.0. The number of likely N-dealkylation sites (tertiary alicyclic amines) is 1. The number of benzene rings is 1. The lowest BCUT2D eigenvalue weighted by Crippen LogP contribution is -2.47. The van der Waals surface area contributed by atoms with Crippen molar-refractivity contribution in [3.05, 3.63) is 53.2 Å². The van der Waals surface area contributed by atoms with Gasteiger partial charge in [-0.25, -0.2) is 9.18 Å². The van der Waals surface area contributed by atoms with Gasteiger partial charge in [-0.1, -0.05) is 12.1 Å². The maximum Gasteiger partial charge on any atom is 0.416 e. The number of alkyl halides is 4. The summed E-state index contributed by atoms with van der Waals surface area (Å²) in [6, 6.07) is 6.73. The standard InChI is InChI=1S/C24H24F4N4O3/c1-23(2,3)35-22(34)32-13-18(25)9-20(32)21(33)31-11-15-8-19(30-12-16(15)10-29)14-4-6-17(7-5-14)24(26,27)28/h4-8,12,18,20H,9,11,13H2,1-3H3,(H,31,33). The normalized spacial score (nSPS) is 18.2. The highest BCUT2D eigenvalue weighted by atomic mass is 19.4. The van der Waals surface area contributed by atoms with Crippen molar-refractivity contribution in [3.63, 3.8) is 0 Å². The van der Waals surface area contributed by atoms with Gasteiger partial charge < -0.3 is 10.1 Å². The van der Waals surface area contributed by atoms with Crippen LogP contribution < -0.4 is 5.32 Å². The molecule has 2 unspecified atom stereocenters. The fourth-order valence-corrected chi connectivity index (χ4v) is 3.59. The fourth-order valence-electron chi connectivity index (χ4n) is 3.59. The Morgan fingerprint density at radius 2 is 1.89 bits per heavy atom. The number of pyridine rings is 1. The molecule has 2 amide bonds. The van der Waals surface area contributed by atoms with Gasteiger partial charge in [-0.15, -0.1) is 0 Å². The van der Waals surface area contributed by atoms with Crippen LogP contribution in [0, 0.1) is 11.3 Å². The lowest BCUT2D eigenvalue weighted by atomic mass is 10.0. The Bertz CT molecular complexity index is 1140. The second kappa shape index (κ2) is 9.90. The summed E-state index contributed by atoms with van der Waals surface area (Å²) < 4.78 is 57.8. The molecule has 1 aliphatic rings. The van der Waals surface area contributed by atoms with Gasteiger partial charge in [0.25, 0.3) is 0 Å². The van der Waals surface area contributed by atoms with Crippen molar-refractivity contribution < 1.29 is 31.9 Å². The molecule has 2 heterocycles. The van der Waals surface area contributed by atoms with Crippen LogP contribution in [0.15, 0.2) is 36.5 Å². The third kappa shape index (κ3) is 6.47. The second-order valence-corrected chi connectivity index (χ2v) is 9.11. The van der Waals surface area contributed by atoms with Crippen LogP contribution in [0.4, 0.5) is 22.4 Å². The number of halogens is 4. The average molecular weight is 492 g/mol. The van der Waals surface area contributed by atoms with E-state index in [9.17, 15) is 32.4 Å². The van der Waals surface area contributed by atoms with Crippen molar-refractivity contribution in [2.45, 2.75) is 57.7 Å². The minimum Gasteiger partial charge on any atom is -0.444 e. The van der Waals surface area contributed by atoms with Crippen LogP contribution in [0.25, 0.3) is 11.3 Å². The fraction of sp³-hybridized carbons (Fsp3) is 0.417. The maximum atomic E-state index is 14.1. The number of carbonyl (C=O) groups excluding carboxylic acids is 2. The summed E-state index contributed by atoms with van der Waals surface area (Å²) >= 11 is 0. The molecule has 0 bridgehead atoms. The summed E-state index contributed by atoms with van der Waals surface area (Å²) in [4.78, 5) is 30.4.